The molecule has 2 atom stereocenters. The lowest BCUT2D eigenvalue weighted by Crippen LogP contribution is -2.43. The van der Waals surface area contributed by atoms with Crippen molar-refractivity contribution in [1.82, 2.24) is 4.72 Å². The highest BCUT2D eigenvalue weighted by atomic mass is 32.2. The average Bonchev–Trinajstić information content (AvgIpc) is 2.39. The van der Waals surface area contributed by atoms with E-state index in [0.717, 1.165) is 31.2 Å². The Morgan fingerprint density at radius 2 is 1.65 bits per heavy atom. The standard InChI is InChI=1S/C15H23NO3S/c1-12-8-10-13(11-9-12)20(18,19)16-14-6-4-2-3-5-7-15(14)17/h8-11,14-17H,2-7H2,1H3/t14-,15-/m1/s1. The quantitative estimate of drug-likeness (QED) is 0.900. The van der Waals surface area contributed by atoms with Gasteiger partial charge in [0.1, 0.15) is 0 Å². The number of aliphatic hydroxyl groups excluding tert-OH is 1. The van der Waals surface area contributed by atoms with Gasteiger partial charge in [-0.2, -0.15) is 0 Å². The summed E-state index contributed by atoms with van der Waals surface area (Å²) in [4.78, 5) is 0.261. The zero-order valence-electron chi connectivity index (χ0n) is 11.9. The molecule has 20 heavy (non-hydrogen) atoms. The highest BCUT2D eigenvalue weighted by molar-refractivity contribution is 7.89. The zero-order chi connectivity index (χ0) is 14.6. The Balaban J connectivity index is 2.11. The lowest BCUT2D eigenvalue weighted by molar-refractivity contribution is 0.114. The summed E-state index contributed by atoms with van der Waals surface area (Å²) in [5, 5.41) is 10.1. The van der Waals surface area contributed by atoms with E-state index < -0.39 is 16.1 Å². The minimum absolute atomic E-state index is 0.261. The first kappa shape index (κ1) is 15.5. The molecule has 0 aliphatic heterocycles. The normalized spacial score (nSPS) is 24.9. The van der Waals surface area contributed by atoms with Gasteiger partial charge >= 0.3 is 0 Å². The second-order valence-electron chi connectivity index (χ2n) is 5.60. The van der Waals surface area contributed by atoms with Crippen molar-refractivity contribution in [1.29, 1.82) is 0 Å². The molecule has 2 rings (SSSR count). The fourth-order valence-corrected chi connectivity index (χ4v) is 3.89. The van der Waals surface area contributed by atoms with Crippen LogP contribution in [-0.4, -0.2) is 25.7 Å². The molecule has 0 amide bonds. The monoisotopic (exact) mass is 297 g/mol. The van der Waals surface area contributed by atoms with Gasteiger partial charge in [-0.15, -0.1) is 0 Å². The molecule has 0 unspecified atom stereocenters. The molecule has 4 nitrogen and oxygen atoms in total. The molecule has 5 heteroatoms. The van der Waals surface area contributed by atoms with Crippen LogP contribution in [-0.2, 0) is 10.0 Å². The highest BCUT2D eigenvalue weighted by Gasteiger charge is 2.26. The topological polar surface area (TPSA) is 66.4 Å². The molecule has 112 valence electrons. The molecule has 1 fully saturated rings. The molecule has 1 aliphatic rings. The van der Waals surface area contributed by atoms with Crippen molar-refractivity contribution in [2.45, 2.75) is 62.5 Å². The first-order valence-corrected chi connectivity index (χ1v) is 8.74. The number of nitrogens with one attached hydrogen (secondary N) is 1. The van der Waals surface area contributed by atoms with Crippen LogP contribution >= 0.6 is 0 Å². The molecule has 1 saturated carbocycles. The molecule has 0 heterocycles. The smallest absolute Gasteiger partial charge is 0.240 e. The Morgan fingerprint density at radius 3 is 2.30 bits per heavy atom. The van der Waals surface area contributed by atoms with E-state index in [0.29, 0.717) is 12.8 Å². The van der Waals surface area contributed by atoms with Crippen LogP contribution in [0.2, 0.25) is 0 Å². The van der Waals surface area contributed by atoms with Gasteiger partial charge in [0.05, 0.1) is 11.0 Å². The minimum atomic E-state index is -3.55. The maximum atomic E-state index is 12.3. The average molecular weight is 297 g/mol. The molecule has 1 aromatic carbocycles. The van der Waals surface area contributed by atoms with Crippen LogP contribution in [0.15, 0.2) is 29.2 Å². The van der Waals surface area contributed by atoms with Gasteiger partial charge in [-0.1, -0.05) is 43.4 Å². The van der Waals surface area contributed by atoms with Crippen LogP contribution in [0.3, 0.4) is 0 Å². The van der Waals surface area contributed by atoms with Crippen molar-refractivity contribution in [3.05, 3.63) is 29.8 Å². The largest absolute Gasteiger partial charge is 0.391 e. The second-order valence-corrected chi connectivity index (χ2v) is 7.31. The molecular formula is C15H23NO3S. The lowest BCUT2D eigenvalue weighted by Gasteiger charge is -2.26. The molecule has 0 radical (unpaired) electrons. The summed E-state index contributed by atoms with van der Waals surface area (Å²) >= 11 is 0. The van der Waals surface area contributed by atoms with E-state index in [9.17, 15) is 13.5 Å². The van der Waals surface area contributed by atoms with Crippen molar-refractivity contribution < 1.29 is 13.5 Å². The van der Waals surface area contributed by atoms with Gasteiger partial charge in [0, 0.05) is 6.04 Å². The van der Waals surface area contributed by atoms with E-state index in [-0.39, 0.29) is 10.9 Å². The van der Waals surface area contributed by atoms with Crippen LogP contribution in [0.5, 0.6) is 0 Å². The molecule has 1 aliphatic carbocycles. The van der Waals surface area contributed by atoms with Gasteiger partial charge in [-0.25, -0.2) is 13.1 Å². The van der Waals surface area contributed by atoms with Gasteiger partial charge < -0.3 is 5.11 Å². The third kappa shape index (κ3) is 4.04. The van der Waals surface area contributed by atoms with E-state index in [1.807, 2.05) is 6.92 Å². The predicted octanol–water partition coefficient (Wildman–Crippen LogP) is 2.36. The zero-order valence-corrected chi connectivity index (χ0v) is 12.7. The van der Waals surface area contributed by atoms with Gasteiger partial charge in [0.25, 0.3) is 0 Å². The Labute approximate surface area is 121 Å². The number of benzene rings is 1. The SMILES string of the molecule is Cc1ccc(S(=O)(=O)N[C@@H]2CCCCCC[C@H]2O)cc1. The van der Waals surface area contributed by atoms with Crippen LogP contribution < -0.4 is 4.72 Å². The van der Waals surface area contributed by atoms with Gasteiger partial charge in [0.15, 0.2) is 0 Å². The summed E-state index contributed by atoms with van der Waals surface area (Å²) < 4.78 is 27.3. The summed E-state index contributed by atoms with van der Waals surface area (Å²) in [5.41, 5.74) is 1.02. The van der Waals surface area contributed by atoms with Crippen LogP contribution in [0.1, 0.15) is 44.1 Å². The lowest BCUT2D eigenvalue weighted by atomic mass is 9.95. The molecule has 0 saturated heterocycles. The Hall–Kier alpha value is -0.910. The first-order chi connectivity index (χ1) is 9.49. The Morgan fingerprint density at radius 1 is 1.05 bits per heavy atom. The van der Waals surface area contributed by atoms with Crippen molar-refractivity contribution in [3.8, 4) is 0 Å². The third-order valence-corrected chi connectivity index (χ3v) is 5.37. The van der Waals surface area contributed by atoms with Crippen LogP contribution in [0, 0.1) is 6.92 Å². The van der Waals surface area contributed by atoms with Crippen LogP contribution in [0.4, 0.5) is 0 Å². The van der Waals surface area contributed by atoms with E-state index >= 15 is 0 Å². The molecule has 0 aromatic heterocycles. The molecular weight excluding hydrogens is 274 g/mol. The highest BCUT2D eigenvalue weighted by Crippen LogP contribution is 2.20. The van der Waals surface area contributed by atoms with Gasteiger partial charge in [-0.3, -0.25) is 0 Å². The summed E-state index contributed by atoms with van der Waals surface area (Å²) in [6.45, 7) is 1.92. The predicted molar refractivity (Wildman–Crippen MR) is 79.0 cm³/mol. The third-order valence-electron chi connectivity index (χ3n) is 3.87. The molecule has 2 N–H and O–H groups in total. The Bertz CT molecular complexity index is 525. The molecule has 0 spiro atoms. The van der Waals surface area contributed by atoms with E-state index in [4.69, 9.17) is 0 Å². The van der Waals surface area contributed by atoms with Crippen molar-refractivity contribution in [3.63, 3.8) is 0 Å². The Kier molecular flexibility index (Phi) is 5.18. The van der Waals surface area contributed by atoms with Crippen molar-refractivity contribution in [2.75, 3.05) is 0 Å². The fraction of sp³-hybridized carbons (Fsp3) is 0.600. The number of aryl methyl sites for hydroxylation is 1. The number of sulfonamides is 1. The maximum Gasteiger partial charge on any atom is 0.240 e. The van der Waals surface area contributed by atoms with Crippen LogP contribution in [0.25, 0.3) is 0 Å². The number of rotatable bonds is 3. The van der Waals surface area contributed by atoms with Crippen molar-refractivity contribution >= 4 is 10.0 Å². The first-order valence-electron chi connectivity index (χ1n) is 7.26. The maximum absolute atomic E-state index is 12.3. The molecule has 0 bridgehead atoms. The summed E-state index contributed by atoms with van der Waals surface area (Å²) in [5.74, 6) is 0. The van der Waals surface area contributed by atoms with Crippen molar-refractivity contribution in [2.24, 2.45) is 0 Å². The summed E-state index contributed by atoms with van der Waals surface area (Å²) in [6.07, 6.45) is 4.93. The summed E-state index contributed by atoms with van der Waals surface area (Å²) in [6, 6.07) is 6.40. The van der Waals surface area contributed by atoms with E-state index in [1.54, 1.807) is 24.3 Å². The number of aliphatic hydroxyl groups is 1. The van der Waals surface area contributed by atoms with Gasteiger partial charge in [-0.05, 0) is 31.9 Å². The second kappa shape index (κ2) is 6.70. The van der Waals surface area contributed by atoms with E-state index in [1.165, 1.54) is 0 Å². The number of hydrogen-bond donors (Lipinski definition) is 2. The fourth-order valence-electron chi connectivity index (χ4n) is 2.59. The molecule has 1 aromatic rings. The summed E-state index contributed by atoms with van der Waals surface area (Å²) in [7, 11) is -3.55. The van der Waals surface area contributed by atoms with E-state index in [2.05, 4.69) is 4.72 Å². The number of hydrogen-bond acceptors (Lipinski definition) is 3. The minimum Gasteiger partial charge on any atom is -0.391 e. The van der Waals surface area contributed by atoms with Gasteiger partial charge in [0.2, 0.25) is 10.0 Å².